The van der Waals surface area contributed by atoms with Gasteiger partial charge in [0, 0.05) is 19.0 Å². The molecule has 2 aliphatic rings. The van der Waals surface area contributed by atoms with E-state index < -0.39 is 0 Å². The largest absolute Gasteiger partial charge is 0.300 e. The fraction of sp³-hybridized carbons (Fsp3) is 0.909. The van der Waals surface area contributed by atoms with Crippen molar-refractivity contribution in [2.24, 2.45) is 5.92 Å². The molecule has 0 N–H and O–H groups in total. The van der Waals surface area contributed by atoms with Gasteiger partial charge in [-0.25, -0.2) is 0 Å². The molecule has 0 radical (unpaired) electrons. The molecule has 0 aromatic heterocycles. The van der Waals surface area contributed by atoms with E-state index in [0.717, 1.165) is 24.9 Å². The van der Waals surface area contributed by atoms with Gasteiger partial charge in [-0.2, -0.15) is 0 Å². The summed E-state index contributed by atoms with van der Waals surface area (Å²) < 4.78 is 0. The first-order valence-electron chi connectivity index (χ1n) is 5.51. The Balaban J connectivity index is 1.83. The number of rotatable bonds is 3. The number of carbonyl (C=O) groups excluding carboxylic acids is 1. The van der Waals surface area contributed by atoms with Crippen molar-refractivity contribution < 1.29 is 4.79 Å². The highest BCUT2D eigenvalue weighted by atomic mass is 16.1. The third-order valence-corrected chi connectivity index (χ3v) is 3.63. The number of hydrogen-bond donors (Lipinski definition) is 0. The molecule has 2 nitrogen and oxygen atoms in total. The first kappa shape index (κ1) is 9.20. The van der Waals surface area contributed by atoms with Crippen molar-refractivity contribution in [3.63, 3.8) is 0 Å². The number of fused-ring (bicyclic) bond motifs is 1. The second-order valence-electron chi connectivity index (χ2n) is 4.53. The minimum Gasteiger partial charge on any atom is -0.300 e. The first-order chi connectivity index (χ1) is 6.27. The Morgan fingerprint density at radius 3 is 3.00 bits per heavy atom. The highest BCUT2D eigenvalue weighted by Crippen LogP contribution is 2.37. The molecule has 2 heteroatoms. The highest BCUT2D eigenvalue weighted by Gasteiger charge is 2.36. The fourth-order valence-corrected chi connectivity index (χ4v) is 2.91. The molecule has 2 rings (SSSR count). The van der Waals surface area contributed by atoms with Crippen molar-refractivity contribution in [2.45, 2.75) is 45.1 Å². The van der Waals surface area contributed by atoms with E-state index in [0.29, 0.717) is 5.78 Å². The first-order valence-corrected chi connectivity index (χ1v) is 5.51. The predicted octanol–water partition coefficient (Wildman–Crippen LogP) is 1.84. The average molecular weight is 181 g/mol. The molecule has 1 aliphatic carbocycles. The van der Waals surface area contributed by atoms with Crippen LogP contribution in [0.15, 0.2) is 0 Å². The molecule has 1 saturated carbocycles. The molecule has 74 valence electrons. The van der Waals surface area contributed by atoms with Gasteiger partial charge in [0.25, 0.3) is 0 Å². The summed E-state index contributed by atoms with van der Waals surface area (Å²) >= 11 is 0. The summed E-state index contributed by atoms with van der Waals surface area (Å²) in [5.41, 5.74) is 0. The Labute approximate surface area is 80.3 Å². The van der Waals surface area contributed by atoms with Crippen molar-refractivity contribution in [1.82, 2.24) is 4.90 Å². The number of Topliss-reactive ketones (excluding diaryl/α,β-unsaturated/α-hetero) is 1. The van der Waals surface area contributed by atoms with Crippen LogP contribution in [0, 0.1) is 5.92 Å². The SMILES string of the molecule is CC(=O)CCN1CCC2CCCC21. The lowest BCUT2D eigenvalue weighted by molar-refractivity contribution is -0.117. The molecule has 0 aromatic carbocycles. The Kier molecular flexibility index (Phi) is 2.68. The summed E-state index contributed by atoms with van der Waals surface area (Å²) in [5, 5.41) is 0. The van der Waals surface area contributed by atoms with E-state index in [2.05, 4.69) is 4.90 Å². The van der Waals surface area contributed by atoms with E-state index in [-0.39, 0.29) is 0 Å². The van der Waals surface area contributed by atoms with Gasteiger partial charge < -0.3 is 0 Å². The van der Waals surface area contributed by atoms with Crippen molar-refractivity contribution in [2.75, 3.05) is 13.1 Å². The van der Waals surface area contributed by atoms with Gasteiger partial charge in [-0.15, -0.1) is 0 Å². The summed E-state index contributed by atoms with van der Waals surface area (Å²) in [6, 6.07) is 0.833. The molecule has 13 heavy (non-hydrogen) atoms. The molecule has 2 unspecified atom stereocenters. The van der Waals surface area contributed by atoms with Crippen LogP contribution < -0.4 is 0 Å². The van der Waals surface area contributed by atoms with Gasteiger partial charge in [0.1, 0.15) is 5.78 Å². The molecule has 0 aromatic rings. The van der Waals surface area contributed by atoms with Crippen LogP contribution in [0.3, 0.4) is 0 Å². The minimum absolute atomic E-state index is 0.335. The molecule has 2 fully saturated rings. The number of nitrogens with zero attached hydrogens (tertiary/aromatic N) is 1. The van der Waals surface area contributed by atoms with Crippen LogP contribution in [0.4, 0.5) is 0 Å². The summed E-state index contributed by atoms with van der Waals surface area (Å²) in [5.74, 6) is 1.30. The maximum absolute atomic E-state index is 10.9. The molecule has 0 spiro atoms. The molecule has 2 atom stereocenters. The summed E-state index contributed by atoms with van der Waals surface area (Å²) in [6.45, 7) is 3.95. The molecular weight excluding hydrogens is 162 g/mol. The zero-order chi connectivity index (χ0) is 9.26. The average Bonchev–Trinajstić information content (AvgIpc) is 2.60. The van der Waals surface area contributed by atoms with Crippen molar-refractivity contribution >= 4 is 5.78 Å². The summed E-state index contributed by atoms with van der Waals surface area (Å²) in [6.07, 6.45) is 6.35. The van der Waals surface area contributed by atoms with Crippen LogP contribution in [0.2, 0.25) is 0 Å². The van der Waals surface area contributed by atoms with Crippen molar-refractivity contribution in [1.29, 1.82) is 0 Å². The minimum atomic E-state index is 0.335. The van der Waals surface area contributed by atoms with Gasteiger partial charge >= 0.3 is 0 Å². The van der Waals surface area contributed by atoms with Crippen LogP contribution in [0.5, 0.6) is 0 Å². The lowest BCUT2D eigenvalue weighted by Crippen LogP contribution is -2.31. The van der Waals surface area contributed by atoms with Gasteiger partial charge in [0.2, 0.25) is 0 Å². The van der Waals surface area contributed by atoms with Gasteiger partial charge in [-0.1, -0.05) is 6.42 Å². The molecule has 1 heterocycles. The number of carbonyl (C=O) groups is 1. The van der Waals surface area contributed by atoms with Gasteiger partial charge in [0.05, 0.1) is 0 Å². The van der Waals surface area contributed by atoms with Crippen LogP contribution in [-0.4, -0.2) is 29.8 Å². The zero-order valence-electron chi connectivity index (χ0n) is 8.46. The normalized spacial score (nSPS) is 33.6. The van der Waals surface area contributed by atoms with Crippen LogP contribution in [-0.2, 0) is 4.79 Å². The summed E-state index contributed by atoms with van der Waals surface area (Å²) in [4.78, 5) is 13.4. The van der Waals surface area contributed by atoms with E-state index >= 15 is 0 Å². The smallest absolute Gasteiger partial charge is 0.131 e. The van der Waals surface area contributed by atoms with Gasteiger partial charge in [-0.3, -0.25) is 9.69 Å². The zero-order valence-corrected chi connectivity index (χ0v) is 8.46. The Morgan fingerprint density at radius 2 is 2.23 bits per heavy atom. The number of likely N-dealkylation sites (tertiary alicyclic amines) is 1. The van der Waals surface area contributed by atoms with Crippen LogP contribution in [0.1, 0.15) is 39.0 Å². The Morgan fingerprint density at radius 1 is 1.38 bits per heavy atom. The predicted molar refractivity (Wildman–Crippen MR) is 52.6 cm³/mol. The van der Waals surface area contributed by atoms with Crippen molar-refractivity contribution in [3.05, 3.63) is 0 Å². The second kappa shape index (κ2) is 3.79. The van der Waals surface area contributed by atoms with E-state index in [4.69, 9.17) is 0 Å². The number of hydrogen-bond acceptors (Lipinski definition) is 2. The van der Waals surface area contributed by atoms with Gasteiger partial charge in [0.15, 0.2) is 0 Å². The Hall–Kier alpha value is -0.370. The second-order valence-corrected chi connectivity index (χ2v) is 4.53. The Bertz CT molecular complexity index is 202. The molecule has 0 bridgehead atoms. The van der Waals surface area contributed by atoms with E-state index in [1.165, 1.54) is 32.2 Å². The number of ketones is 1. The molecule has 1 saturated heterocycles. The molecule has 1 aliphatic heterocycles. The third kappa shape index (κ3) is 1.93. The van der Waals surface area contributed by atoms with Crippen molar-refractivity contribution in [3.8, 4) is 0 Å². The third-order valence-electron chi connectivity index (χ3n) is 3.63. The van der Waals surface area contributed by atoms with Crippen LogP contribution in [0.25, 0.3) is 0 Å². The van der Waals surface area contributed by atoms with E-state index in [1.807, 2.05) is 0 Å². The monoisotopic (exact) mass is 181 g/mol. The maximum atomic E-state index is 10.9. The van der Waals surface area contributed by atoms with E-state index in [9.17, 15) is 4.79 Å². The van der Waals surface area contributed by atoms with Gasteiger partial charge in [-0.05, 0) is 38.6 Å². The standard InChI is InChI=1S/C11H19NO/c1-9(13)5-7-12-8-6-10-3-2-4-11(10)12/h10-11H,2-8H2,1H3. The lowest BCUT2D eigenvalue weighted by Gasteiger charge is -2.22. The van der Waals surface area contributed by atoms with Crippen LogP contribution >= 0.6 is 0 Å². The van der Waals surface area contributed by atoms with E-state index in [1.54, 1.807) is 6.92 Å². The lowest BCUT2D eigenvalue weighted by atomic mass is 10.0. The molecule has 0 amide bonds. The fourth-order valence-electron chi connectivity index (χ4n) is 2.91. The maximum Gasteiger partial charge on any atom is 0.131 e. The quantitative estimate of drug-likeness (QED) is 0.662. The topological polar surface area (TPSA) is 20.3 Å². The summed E-state index contributed by atoms with van der Waals surface area (Å²) in [7, 11) is 0. The molecular formula is C11H19NO. The highest BCUT2D eigenvalue weighted by molar-refractivity contribution is 5.75.